The maximum absolute atomic E-state index is 4.59. The number of benzene rings is 1. The van der Waals surface area contributed by atoms with E-state index in [-0.39, 0.29) is 0 Å². The number of aryl methyl sites for hydroxylation is 1. The fraction of sp³-hybridized carbons (Fsp3) is 0.333. The lowest BCUT2D eigenvalue weighted by Crippen LogP contribution is -2.45. The summed E-state index contributed by atoms with van der Waals surface area (Å²) in [4.78, 5) is 12.9. The summed E-state index contributed by atoms with van der Waals surface area (Å²) in [7, 11) is 0. The predicted molar refractivity (Wildman–Crippen MR) is 107 cm³/mol. The molecule has 1 atom stereocenters. The highest BCUT2D eigenvalue weighted by Crippen LogP contribution is 2.28. The number of rotatable bonds is 5. The lowest BCUT2D eigenvalue weighted by molar-refractivity contribution is 0.155. The molecule has 0 bridgehead atoms. The first-order valence-electron chi connectivity index (χ1n) is 9.23. The Hall–Kier alpha value is -2.08. The second-order valence-electron chi connectivity index (χ2n) is 6.63. The van der Waals surface area contributed by atoms with E-state index >= 15 is 0 Å². The Bertz CT molecular complexity index is 829. The van der Waals surface area contributed by atoms with E-state index < -0.39 is 0 Å². The van der Waals surface area contributed by atoms with Gasteiger partial charge in [0.05, 0.1) is 5.69 Å². The molecular formula is C21H24N4S. The van der Waals surface area contributed by atoms with Crippen LogP contribution in [-0.4, -0.2) is 34.5 Å². The van der Waals surface area contributed by atoms with Gasteiger partial charge in [-0.1, -0.05) is 37.3 Å². The van der Waals surface area contributed by atoms with Crippen LogP contribution in [0.5, 0.6) is 0 Å². The first-order chi connectivity index (χ1) is 12.8. The molecule has 0 spiro atoms. The summed E-state index contributed by atoms with van der Waals surface area (Å²) in [5, 5.41) is 4.54. The van der Waals surface area contributed by atoms with Gasteiger partial charge in [-0.2, -0.15) is 0 Å². The number of piperazine rings is 1. The van der Waals surface area contributed by atoms with Gasteiger partial charge in [-0.15, -0.1) is 11.3 Å². The van der Waals surface area contributed by atoms with E-state index in [1.807, 2.05) is 30.6 Å². The van der Waals surface area contributed by atoms with E-state index in [9.17, 15) is 0 Å². The molecule has 0 saturated carbocycles. The Morgan fingerprint density at radius 3 is 2.81 bits per heavy atom. The lowest BCUT2D eigenvalue weighted by atomic mass is 10.0. The smallest absolute Gasteiger partial charge is 0.142 e. The molecule has 1 saturated heterocycles. The van der Waals surface area contributed by atoms with E-state index in [0.29, 0.717) is 6.04 Å². The minimum atomic E-state index is 0.412. The quantitative estimate of drug-likeness (QED) is 0.745. The van der Waals surface area contributed by atoms with Crippen molar-refractivity contribution >= 4 is 11.3 Å². The van der Waals surface area contributed by atoms with Crippen LogP contribution in [0.3, 0.4) is 0 Å². The lowest BCUT2D eigenvalue weighted by Gasteiger charge is -2.36. The molecule has 4 nitrogen and oxygen atoms in total. The second kappa shape index (κ2) is 8.08. The molecule has 26 heavy (non-hydrogen) atoms. The number of thiazole rings is 1. The normalized spacial score (nSPS) is 18.1. The summed E-state index contributed by atoms with van der Waals surface area (Å²) in [5.74, 6) is 0. The van der Waals surface area contributed by atoms with Crippen molar-refractivity contribution in [2.45, 2.75) is 25.9 Å². The molecule has 1 fully saturated rings. The highest BCUT2D eigenvalue weighted by molar-refractivity contribution is 7.14. The van der Waals surface area contributed by atoms with Crippen molar-refractivity contribution in [3.05, 3.63) is 70.9 Å². The molecule has 0 aliphatic carbocycles. The molecule has 1 N–H and O–H groups in total. The molecule has 3 aromatic rings. The van der Waals surface area contributed by atoms with E-state index in [4.69, 9.17) is 0 Å². The average molecular weight is 365 g/mol. The summed E-state index contributed by atoms with van der Waals surface area (Å²) in [5.41, 5.74) is 3.74. The van der Waals surface area contributed by atoms with Crippen LogP contribution >= 0.6 is 11.3 Å². The zero-order chi connectivity index (χ0) is 17.8. The van der Waals surface area contributed by atoms with Crippen LogP contribution in [0.4, 0.5) is 0 Å². The molecule has 1 unspecified atom stereocenters. The highest BCUT2D eigenvalue weighted by Gasteiger charge is 2.24. The second-order valence-corrected chi connectivity index (χ2v) is 7.75. The summed E-state index contributed by atoms with van der Waals surface area (Å²) in [6.07, 6.45) is 4.92. The zero-order valence-electron chi connectivity index (χ0n) is 15.1. The van der Waals surface area contributed by atoms with Gasteiger partial charge >= 0.3 is 0 Å². The Labute approximate surface area is 158 Å². The third-order valence-corrected chi connectivity index (χ3v) is 5.93. The third-order valence-electron chi connectivity index (χ3n) is 4.92. The maximum atomic E-state index is 4.59. The molecule has 1 aromatic carbocycles. The largest absolute Gasteiger partial charge is 0.314 e. The Morgan fingerprint density at radius 1 is 1.15 bits per heavy atom. The summed E-state index contributed by atoms with van der Waals surface area (Å²) in [6.45, 7) is 6.22. The minimum Gasteiger partial charge on any atom is -0.314 e. The van der Waals surface area contributed by atoms with E-state index in [0.717, 1.165) is 43.3 Å². The number of aromatic nitrogens is 2. The molecule has 4 rings (SSSR count). The number of nitrogens with zero attached hydrogens (tertiary/aromatic N) is 3. The summed E-state index contributed by atoms with van der Waals surface area (Å²) in [6, 6.07) is 15.5. The molecule has 1 aliphatic rings. The SMILES string of the molecule is CCc1ccc(C2CNCCN2Cc2cnc(-c3ccccn3)s2)cc1. The van der Waals surface area contributed by atoms with Crippen LogP contribution in [0.25, 0.3) is 10.7 Å². The average Bonchev–Trinajstić information content (AvgIpc) is 3.18. The van der Waals surface area contributed by atoms with Crippen molar-refractivity contribution < 1.29 is 0 Å². The van der Waals surface area contributed by atoms with Gasteiger partial charge in [0, 0.05) is 49.5 Å². The Kier molecular flexibility index (Phi) is 5.39. The zero-order valence-corrected chi connectivity index (χ0v) is 15.9. The van der Waals surface area contributed by atoms with Crippen LogP contribution in [0.1, 0.15) is 29.0 Å². The molecule has 2 aromatic heterocycles. The number of nitrogens with one attached hydrogen (secondary N) is 1. The van der Waals surface area contributed by atoms with Crippen LogP contribution in [0.15, 0.2) is 54.9 Å². The fourth-order valence-corrected chi connectivity index (χ4v) is 4.34. The van der Waals surface area contributed by atoms with E-state index in [1.54, 1.807) is 11.3 Å². The van der Waals surface area contributed by atoms with Crippen LogP contribution in [-0.2, 0) is 13.0 Å². The maximum Gasteiger partial charge on any atom is 0.142 e. The van der Waals surface area contributed by atoms with Crippen LogP contribution in [0.2, 0.25) is 0 Å². The van der Waals surface area contributed by atoms with Crippen molar-refractivity contribution in [1.82, 2.24) is 20.2 Å². The topological polar surface area (TPSA) is 41.0 Å². The van der Waals surface area contributed by atoms with Gasteiger partial charge in [0.1, 0.15) is 5.01 Å². The number of hydrogen-bond acceptors (Lipinski definition) is 5. The molecule has 5 heteroatoms. The van der Waals surface area contributed by atoms with Crippen LogP contribution < -0.4 is 5.32 Å². The Balaban J connectivity index is 1.51. The van der Waals surface area contributed by atoms with Gasteiger partial charge in [-0.25, -0.2) is 4.98 Å². The van der Waals surface area contributed by atoms with Gasteiger partial charge in [-0.05, 0) is 29.7 Å². The van der Waals surface area contributed by atoms with E-state index in [2.05, 4.69) is 51.4 Å². The molecular weight excluding hydrogens is 340 g/mol. The van der Waals surface area contributed by atoms with Gasteiger partial charge in [0.15, 0.2) is 0 Å². The summed E-state index contributed by atoms with van der Waals surface area (Å²) < 4.78 is 0. The van der Waals surface area contributed by atoms with Crippen molar-refractivity contribution in [3.63, 3.8) is 0 Å². The molecule has 3 heterocycles. The minimum absolute atomic E-state index is 0.412. The molecule has 134 valence electrons. The predicted octanol–water partition coefficient (Wildman–Crippen LogP) is 3.91. The first-order valence-corrected chi connectivity index (χ1v) is 10.0. The summed E-state index contributed by atoms with van der Waals surface area (Å²) >= 11 is 1.75. The van der Waals surface area contributed by atoms with Gasteiger partial charge < -0.3 is 5.32 Å². The number of hydrogen-bond donors (Lipinski definition) is 1. The van der Waals surface area contributed by atoms with Gasteiger partial charge in [-0.3, -0.25) is 9.88 Å². The van der Waals surface area contributed by atoms with Crippen LogP contribution in [0, 0.1) is 0 Å². The molecule has 0 amide bonds. The Morgan fingerprint density at radius 2 is 2.04 bits per heavy atom. The third kappa shape index (κ3) is 3.85. The monoisotopic (exact) mass is 364 g/mol. The van der Waals surface area contributed by atoms with Crippen molar-refractivity contribution in [2.75, 3.05) is 19.6 Å². The van der Waals surface area contributed by atoms with Gasteiger partial charge in [0.25, 0.3) is 0 Å². The number of pyridine rings is 1. The van der Waals surface area contributed by atoms with Crippen molar-refractivity contribution in [2.24, 2.45) is 0 Å². The fourth-order valence-electron chi connectivity index (χ4n) is 3.43. The first kappa shape index (κ1) is 17.3. The standard InChI is InChI=1S/C21H24N4S/c1-2-16-6-8-17(9-7-16)20-14-22-11-12-25(20)15-18-13-24-21(26-18)19-5-3-4-10-23-19/h3-10,13,20,22H,2,11-12,14-15H2,1H3. The van der Waals surface area contributed by atoms with Crippen molar-refractivity contribution in [1.29, 1.82) is 0 Å². The van der Waals surface area contributed by atoms with E-state index in [1.165, 1.54) is 16.0 Å². The molecule has 0 radical (unpaired) electrons. The van der Waals surface area contributed by atoms with Gasteiger partial charge in [0.2, 0.25) is 0 Å². The van der Waals surface area contributed by atoms with Crippen molar-refractivity contribution in [3.8, 4) is 10.7 Å². The highest BCUT2D eigenvalue weighted by atomic mass is 32.1. The molecule has 1 aliphatic heterocycles.